The molecule has 0 aromatic heterocycles. The van der Waals surface area contributed by atoms with E-state index < -0.39 is 0 Å². The summed E-state index contributed by atoms with van der Waals surface area (Å²) in [6, 6.07) is 18.4. The van der Waals surface area contributed by atoms with E-state index in [4.69, 9.17) is 4.74 Å². The standard InChI is InChI=1S/C23H30BrN3O2/c24-21-10-4-5-11-22(21)29-19-6-12-23(28)25-13-7-14-26-15-17-27(18-16-26)20-8-2-1-3-9-20/h1-5,8-11H,6-7,12-19H2,(H,25,28). The van der Waals surface area contributed by atoms with Crippen LogP contribution in [0.15, 0.2) is 59.1 Å². The van der Waals surface area contributed by atoms with Gasteiger partial charge in [-0.2, -0.15) is 0 Å². The Morgan fingerprint density at radius 1 is 0.966 bits per heavy atom. The number of carbonyl (C=O) groups excluding carboxylic acids is 1. The molecule has 0 bridgehead atoms. The van der Waals surface area contributed by atoms with Crippen molar-refractivity contribution in [1.82, 2.24) is 10.2 Å². The Morgan fingerprint density at radius 3 is 2.45 bits per heavy atom. The number of hydrogen-bond acceptors (Lipinski definition) is 4. The fraction of sp³-hybridized carbons (Fsp3) is 0.435. The summed E-state index contributed by atoms with van der Waals surface area (Å²) in [4.78, 5) is 16.9. The normalized spacial score (nSPS) is 14.6. The number of anilines is 1. The molecule has 1 fully saturated rings. The third-order valence-electron chi connectivity index (χ3n) is 5.11. The number of hydrogen-bond donors (Lipinski definition) is 1. The lowest BCUT2D eigenvalue weighted by Crippen LogP contribution is -2.47. The first kappa shape index (κ1) is 21.7. The van der Waals surface area contributed by atoms with Gasteiger partial charge in [0.15, 0.2) is 0 Å². The van der Waals surface area contributed by atoms with Gasteiger partial charge >= 0.3 is 0 Å². The van der Waals surface area contributed by atoms with Crippen molar-refractivity contribution in [3.63, 3.8) is 0 Å². The number of carbonyl (C=O) groups is 1. The topological polar surface area (TPSA) is 44.8 Å². The van der Waals surface area contributed by atoms with Crippen molar-refractivity contribution in [2.45, 2.75) is 19.3 Å². The van der Waals surface area contributed by atoms with Crippen molar-refractivity contribution in [2.75, 3.05) is 50.8 Å². The van der Waals surface area contributed by atoms with E-state index in [0.717, 1.165) is 55.9 Å². The largest absolute Gasteiger partial charge is 0.492 e. The Bertz CT molecular complexity index is 749. The second-order valence-electron chi connectivity index (χ2n) is 7.25. The van der Waals surface area contributed by atoms with E-state index in [1.165, 1.54) is 5.69 Å². The monoisotopic (exact) mass is 459 g/mol. The van der Waals surface area contributed by atoms with E-state index in [2.05, 4.69) is 61.4 Å². The first-order chi connectivity index (χ1) is 14.2. The smallest absolute Gasteiger partial charge is 0.220 e. The molecule has 2 aromatic rings. The molecule has 0 saturated carbocycles. The van der Waals surface area contributed by atoms with Crippen LogP contribution >= 0.6 is 15.9 Å². The third kappa shape index (κ3) is 7.37. The van der Waals surface area contributed by atoms with Crippen molar-refractivity contribution in [1.29, 1.82) is 0 Å². The third-order valence-corrected chi connectivity index (χ3v) is 5.76. The summed E-state index contributed by atoms with van der Waals surface area (Å²) < 4.78 is 6.63. The fourth-order valence-corrected chi connectivity index (χ4v) is 3.86. The maximum atomic E-state index is 12.0. The molecular formula is C23H30BrN3O2. The average molecular weight is 460 g/mol. The quantitative estimate of drug-likeness (QED) is 0.546. The van der Waals surface area contributed by atoms with Crippen LogP contribution in [0.2, 0.25) is 0 Å². The van der Waals surface area contributed by atoms with Crippen LogP contribution in [0.5, 0.6) is 5.75 Å². The van der Waals surface area contributed by atoms with Crippen molar-refractivity contribution in [3.8, 4) is 5.75 Å². The minimum absolute atomic E-state index is 0.106. The predicted octanol–water partition coefficient (Wildman–Crippen LogP) is 3.94. The molecule has 0 aliphatic carbocycles. The Morgan fingerprint density at radius 2 is 1.69 bits per heavy atom. The minimum Gasteiger partial charge on any atom is -0.492 e. The van der Waals surface area contributed by atoms with Crippen LogP contribution in [0, 0.1) is 0 Å². The summed E-state index contributed by atoms with van der Waals surface area (Å²) in [5.41, 5.74) is 1.31. The number of nitrogens with one attached hydrogen (secondary N) is 1. The van der Waals surface area contributed by atoms with Crippen LogP contribution in [0.25, 0.3) is 0 Å². The molecule has 0 radical (unpaired) electrons. The number of ether oxygens (including phenoxy) is 1. The first-order valence-corrected chi connectivity index (χ1v) is 11.2. The maximum absolute atomic E-state index is 12.0. The number of nitrogens with zero attached hydrogens (tertiary/aromatic N) is 2. The minimum atomic E-state index is 0.106. The van der Waals surface area contributed by atoms with Gasteiger partial charge in [-0.1, -0.05) is 30.3 Å². The number of benzene rings is 2. The van der Waals surface area contributed by atoms with Gasteiger partial charge < -0.3 is 15.0 Å². The van der Waals surface area contributed by atoms with E-state index in [1.807, 2.05) is 24.3 Å². The zero-order valence-corrected chi connectivity index (χ0v) is 18.4. The highest BCUT2D eigenvalue weighted by molar-refractivity contribution is 9.10. The van der Waals surface area contributed by atoms with Crippen molar-refractivity contribution in [2.24, 2.45) is 0 Å². The lowest BCUT2D eigenvalue weighted by Gasteiger charge is -2.36. The molecule has 5 nitrogen and oxygen atoms in total. The van der Waals surface area contributed by atoms with Gasteiger partial charge in [0.25, 0.3) is 0 Å². The number of piperazine rings is 1. The summed E-state index contributed by atoms with van der Waals surface area (Å²) in [7, 11) is 0. The molecule has 1 amide bonds. The van der Waals surface area contributed by atoms with Crippen molar-refractivity contribution < 1.29 is 9.53 Å². The van der Waals surface area contributed by atoms with Gasteiger partial charge in [0.1, 0.15) is 5.75 Å². The summed E-state index contributed by atoms with van der Waals surface area (Å²) in [5, 5.41) is 3.03. The van der Waals surface area contributed by atoms with Gasteiger partial charge in [0, 0.05) is 44.8 Å². The second kappa shape index (κ2) is 11.8. The van der Waals surface area contributed by atoms with Gasteiger partial charge in [-0.15, -0.1) is 0 Å². The fourth-order valence-electron chi connectivity index (χ4n) is 3.46. The Labute approximate surface area is 182 Å². The molecule has 1 aliphatic rings. The van der Waals surface area contributed by atoms with Crippen molar-refractivity contribution in [3.05, 3.63) is 59.1 Å². The first-order valence-electron chi connectivity index (χ1n) is 10.4. The molecule has 0 atom stereocenters. The van der Waals surface area contributed by atoms with Crippen LogP contribution in [0.4, 0.5) is 5.69 Å². The van der Waals surface area contributed by atoms with Gasteiger partial charge in [-0.05, 0) is 59.6 Å². The Balaban J connectivity index is 1.21. The van der Waals surface area contributed by atoms with E-state index in [0.29, 0.717) is 19.4 Å². The highest BCUT2D eigenvalue weighted by Gasteiger charge is 2.16. The molecule has 1 saturated heterocycles. The van der Waals surface area contributed by atoms with Gasteiger partial charge in [-0.3, -0.25) is 9.69 Å². The molecule has 156 valence electrons. The van der Waals surface area contributed by atoms with Crippen LogP contribution < -0.4 is 15.0 Å². The van der Waals surface area contributed by atoms with Crippen LogP contribution in [-0.4, -0.2) is 56.7 Å². The lowest BCUT2D eigenvalue weighted by molar-refractivity contribution is -0.121. The molecule has 3 rings (SSSR count). The molecule has 29 heavy (non-hydrogen) atoms. The summed E-state index contributed by atoms with van der Waals surface area (Å²) >= 11 is 3.46. The van der Waals surface area contributed by atoms with Gasteiger partial charge in [0.05, 0.1) is 11.1 Å². The molecule has 2 aromatic carbocycles. The molecule has 0 unspecified atom stereocenters. The molecule has 1 heterocycles. The number of para-hydroxylation sites is 2. The SMILES string of the molecule is O=C(CCCOc1ccccc1Br)NCCCN1CCN(c2ccccc2)CC1. The molecule has 1 aliphatic heterocycles. The van der Waals surface area contributed by atoms with Crippen molar-refractivity contribution >= 4 is 27.5 Å². The van der Waals surface area contributed by atoms with E-state index in [9.17, 15) is 4.79 Å². The lowest BCUT2D eigenvalue weighted by atomic mass is 10.2. The van der Waals surface area contributed by atoms with E-state index in [1.54, 1.807) is 0 Å². The molecule has 6 heteroatoms. The van der Waals surface area contributed by atoms with Crippen LogP contribution in [-0.2, 0) is 4.79 Å². The zero-order chi connectivity index (χ0) is 20.3. The van der Waals surface area contributed by atoms with Crippen LogP contribution in [0.3, 0.4) is 0 Å². The molecule has 1 N–H and O–H groups in total. The molecule has 0 spiro atoms. The van der Waals surface area contributed by atoms with E-state index in [-0.39, 0.29) is 5.91 Å². The highest BCUT2D eigenvalue weighted by Crippen LogP contribution is 2.23. The summed E-state index contributed by atoms with van der Waals surface area (Å²) in [6.07, 6.45) is 2.21. The number of rotatable bonds is 10. The predicted molar refractivity (Wildman–Crippen MR) is 122 cm³/mol. The summed E-state index contributed by atoms with van der Waals surface area (Å²) in [5.74, 6) is 0.926. The summed E-state index contributed by atoms with van der Waals surface area (Å²) in [6.45, 7) is 6.60. The van der Waals surface area contributed by atoms with Crippen LogP contribution in [0.1, 0.15) is 19.3 Å². The van der Waals surface area contributed by atoms with E-state index >= 15 is 0 Å². The highest BCUT2D eigenvalue weighted by atomic mass is 79.9. The van der Waals surface area contributed by atoms with Gasteiger partial charge in [-0.25, -0.2) is 0 Å². The number of halogens is 1. The second-order valence-corrected chi connectivity index (χ2v) is 8.10. The average Bonchev–Trinajstić information content (AvgIpc) is 2.76. The zero-order valence-electron chi connectivity index (χ0n) is 16.9. The van der Waals surface area contributed by atoms with Gasteiger partial charge in [0.2, 0.25) is 5.91 Å². The molecular weight excluding hydrogens is 430 g/mol. The Kier molecular flexibility index (Phi) is 8.83. The number of amides is 1. The Hall–Kier alpha value is -2.05. The maximum Gasteiger partial charge on any atom is 0.220 e.